The molecule has 2 aliphatic rings. The van der Waals surface area contributed by atoms with Crippen LogP contribution >= 0.6 is 0 Å². The first-order chi connectivity index (χ1) is 10.2. The fraction of sp³-hybridized carbons (Fsp3) is 0.692. The van der Waals surface area contributed by atoms with Gasteiger partial charge in [0.15, 0.2) is 13.1 Å². The van der Waals surface area contributed by atoms with E-state index in [1.165, 1.54) is 6.92 Å². The van der Waals surface area contributed by atoms with Crippen molar-refractivity contribution in [2.24, 2.45) is 5.92 Å². The second-order valence-corrected chi connectivity index (χ2v) is 6.04. The van der Waals surface area contributed by atoms with E-state index in [2.05, 4.69) is 0 Å². The van der Waals surface area contributed by atoms with E-state index < -0.39 is 38.4 Å². The molecule has 9 heteroatoms. The molecule has 0 amide bonds. The van der Waals surface area contributed by atoms with Gasteiger partial charge < -0.3 is 9.69 Å². The summed E-state index contributed by atoms with van der Waals surface area (Å²) >= 11 is 0. The zero-order valence-corrected chi connectivity index (χ0v) is 12.4. The van der Waals surface area contributed by atoms with Crippen molar-refractivity contribution in [1.82, 2.24) is 0 Å². The molecule has 2 bridgehead atoms. The molecule has 0 aromatic carbocycles. The minimum Gasteiger partial charge on any atom is -0.322 e. The van der Waals surface area contributed by atoms with Gasteiger partial charge in [-0.2, -0.15) is 0 Å². The number of quaternary nitrogens is 1. The molecule has 9 nitrogen and oxygen atoms in total. The van der Waals surface area contributed by atoms with E-state index in [4.69, 9.17) is 0 Å². The van der Waals surface area contributed by atoms with Crippen LogP contribution in [0.25, 0.3) is 0 Å². The predicted molar refractivity (Wildman–Crippen MR) is 73.6 cm³/mol. The Hall–Kier alpha value is -2.16. The Kier molecular flexibility index (Phi) is 3.86. The highest BCUT2D eigenvalue weighted by molar-refractivity contribution is 5.99. The van der Waals surface area contributed by atoms with Crippen LogP contribution in [0.4, 0.5) is 0 Å². The Balaban J connectivity index is 2.71. The molecular formula is C13H18N3O6+. The van der Waals surface area contributed by atoms with Crippen molar-refractivity contribution in [3.05, 3.63) is 32.4 Å². The van der Waals surface area contributed by atoms with Crippen LogP contribution in [0.1, 0.15) is 20.3 Å². The van der Waals surface area contributed by atoms with Crippen LogP contribution in [0.5, 0.6) is 0 Å². The second-order valence-electron chi connectivity index (χ2n) is 6.04. The molecule has 1 aliphatic heterocycles. The third-order valence-electron chi connectivity index (χ3n) is 4.84. The highest BCUT2D eigenvalue weighted by atomic mass is 16.6. The molecule has 0 aromatic heterocycles. The Morgan fingerprint density at radius 1 is 1.36 bits per heavy atom. The first-order valence-electron chi connectivity index (χ1n) is 7.06. The van der Waals surface area contributed by atoms with E-state index in [-0.39, 0.29) is 19.5 Å². The lowest BCUT2D eigenvalue weighted by atomic mass is 9.61. The van der Waals surface area contributed by atoms with E-state index in [9.17, 15) is 29.8 Å². The number of likely N-dealkylation sites (N-methyl/N-ethyl adjacent to an activating group) is 1. The number of nitrogens with one attached hydrogen (secondary N) is 1. The zero-order chi connectivity index (χ0) is 16.7. The van der Waals surface area contributed by atoms with Crippen LogP contribution in [0.3, 0.4) is 0 Å². The molecule has 1 heterocycles. The summed E-state index contributed by atoms with van der Waals surface area (Å²) in [5.74, 6) is -2.41. The number of ketones is 2. The maximum Gasteiger partial charge on any atom is 0.340 e. The fourth-order valence-corrected chi connectivity index (χ4v) is 3.72. The summed E-state index contributed by atoms with van der Waals surface area (Å²) in [6.45, 7) is 3.32. The summed E-state index contributed by atoms with van der Waals surface area (Å²) in [4.78, 5) is 46.6. The van der Waals surface area contributed by atoms with Crippen molar-refractivity contribution < 1.29 is 24.3 Å². The van der Waals surface area contributed by atoms with Crippen molar-refractivity contribution in [2.75, 3.05) is 19.6 Å². The van der Waals surface area contributed by atoms with E-state index in [1.807, 2.05) is 0 Å². The monoisotopic (exact) mass is 312 g/mol. The van der Waals surface area contributed by atoms with Crippen LogP contribution in [0, 0.1) is 26.1 Å². The number of nitrogens with zero attached hydrogens (tertiary/aromatic N) is 2. The Morgan fingerprint density at radius 3 is 2.45 bits per heavy atom. The maximum atomic E-state index is 12.3. The molecule has 2 rings (SSSR count). The molecule has 1 aliphatic carbocycles. The number of piperidine rings is 1. The normalized spacial score (nSPS) is 36.9. The number of hydrogen-bond donors (Lipinski definition) is 1. The lowest BCUT2D eigenvalue weighted by molar-refractivity contribution is -0.942. The number of hydrogen-bond acceptors (Lipinski definition) is 6. The van der Waals surface area contributed by atoms with Gasteiger partial charge in [-0.3, -0.25) is 25.0 Å². The minimum atomic E-state index is -2.10. The minimum absolute atomic E-state index is 0.0355. The highest BCUT2D eigenvalue weighted by Crippen LogP contribution is 2.42. The molecule has 120 valence electrons. The van der Waals surface area contributed by atoms with Gasteiger partial charge in [0.25, 0.3) is 5.54 Å². The molecule has 4 atom stereocenters. The summed E-state index contributed by atoms with van der Waals surface area (Å²) in [6, 6.07) is 0. The first kappa shape index (κ1) is 16.2. The van der Waals surface area contributed by atoms with Gasteiger partial charge >= 0.3 is 5.54 Å². The van der Waals surface area contributed by atoms with Gasteiger partial charge in [-0.05, 0) is 19.9 Å². The van der Waals surface area contributed by atoms with Crippen LogP contribution in [0.15, 0.2) is 12.2 Å². The molecule has 1 N–H and O–H groups in total. The SMILES string of the molecule is CC[NH+]1C[C@]2([N+](=O)[O-])C(=O)C=C[C@@]([N+](=O)[O-])(C1)[C@@H]2CC(C)=O. The molecular weight excluding hydrogens is 294 g/mol. The van der Waals surface area contributed by atoms with E-state index >= 15 is 0 Å². The number of carbonyl (C=O) groups is 2. The van der Waals surface area contributed by atoms with Gasteiger partial charge in [0.2, 0.25) is 5.78 Å². The number of likely N-dealkylation sites (tertiary alicyclic amines) is 1. The molecule has 0 aromatic rings. The van der Waals surface area contributed by atoms with E-state index in [0.29, 0.717) is 11.4 Å². The smallest absolute Gasteiger partial charge is 0.322 e. The molecule has 0 radical (unpaired) electrons. The first-order valence-corrected chi connectivity index (χ1v) is 7.06. The van der Waals surface area contributed by atoms with Crippen molar-refractivity contribution in [2.45, 2.75) is 31.3 Å². The average Bonchev–Trinajstić information content (AvgIpc) is 2.42. The van der Waals surface area contributed by atoms with Crippen LogP contribution in [-0.2, 0) is 9.59 Å². The number of carbonyl (C=O) groups excluding carboxylic acids is 2. The summed E-state index contributed by atoms with van der Waals surface area (Å²) in [6.07, 6.45) is 1.75. The van der Waals surface area contributed by atoms with Crippen molar-refractivity contribution >= 4 is 11.6 Å². The third kappa shape index (κ3) is 2.04. The topological polar surface area (TPSA) is 125 Å². The molecule has 0 spiro atoms. The van der Waals surface area contributed by atoms with Crippen molar-refractivity contribution in [3.63, 3.8) is 0 Å². The fourth-order valence-electron chi connectivity index (χ4n) is 3.72. The number of Topliss-reactive ketones (excluding diaryl/α,β-unsaturated/α-hetero) is 1. The van der Waals surface area contributed by atoms with Gasteiger partial charge in [0.05, 0.1) is 6.54 Å². The molecule has 1 saturated heterocycles. The van der Waals surface area contributed by atoms with Crippen LogP contribution < -0.4 is 4.90 Å². The van der Waals surface area contributed by atoms with E-state index in [1.54, 1.807) is 6.92 Å². The molecule has 22 heavy (non-hydrogen) atoms. The third-order valence-corrected chi connectivity index (χ3v) is 4.84. The van der Waals surface area contributed by atoms with Crippen molar-refractivity contribution in [1.29, 1.82) is 0 Å². The Labute approximate surface area is 126 Å². The standard InChI is InChI=1S/C13H17N3O6/c1-3-14-7-12(15(19)20)5-4-11(18)13(8-14,16(21)22)10(12)6-9(2)17/h4-5,10H,3,6-8H2,1-2H3/p+1/t10-,12+,13+/m0/s1. The Bertz CT molecular complexity index is 588. The van der Waals surface area contributed by atoms with Gasteiger partial charge in [-0.15, -0.1) is 0 Å². The summed E-state index contributed by atoms with van der Waals surface area (Å²) < 4.78 is 0. The lowest BCUT2D eigenvalue weighted by Crippen LogP contribution is -3.19. The zero-order valence-electron chi connectivity index (χ0n) is 12.4. The average molecular weight is 312 g/mol. The quantitative estimate of drug-likeness (QED) is 0.495. The van der Waals surface area contributed by atoms with Crippen LogP contribution in [-0.4, -0.2) is 52.1 Å². The van der Waals surface area contributed by atoms with Gasteiger partial charge in [-0.25, -0.2) is 0 Å². The summed E-state index contributed by atoms with van der Waals surface area (Å²) in [5, 5.41) is 23.4. The van der Waals surface area contributed by atoms with Crippen LogP contribution in [0.2, 0.25) is 0 Å². The number of fused-ring (bicyclic) bond motifs is 2. The van der Waals surface area contributed by atoms with Crippen molar-refractivity contribution in [3.8, 4) is 0 Å². The second kappa shape index (κ2) is 5.24. The molecule has 1 fully saturated rings. The largest absolute Gasteiger partial charge is 0.340 e. The summed E-state index contributed by atoms with van der Waals surface area (Å²) in [7, 11) is 0. The van der Waals surface area contributed by atoms with Gasteiger partial charge in [0, 0.05) is 22.3 Å². The highest BCUT2D eigenvalue weighted by Gasteiger charge is 2.76. The molecule has 0 saturated carbocycles. The van der Waals surface area contributed by atoms with Gasteiger partial charge in [-0.1, -0.05) is 0 Å². The van der Waals surface area contributed by atoms with Gasteiger partial charge in [0.1, 0.15) is 11.7 Å². The summed E-state index contributed by atoms with van der Waals surface area (Å²) in [5.41, 5.74) is -3.85. The molecule has 1 unspecified atom stereocenters. The Morgan fingerprint density at radius 2 is 2.00 bits per heavy atom. The maximum absolute atomic E-state index is 12.3. The van der Waals surface area contributed by atoms with E-state index in [0.717, 1.165) is 12.2 Å². The number of nitro groups is 2. The lowest BCUT2D eigenvalue weighted by Gasteiger charge is -2.45. The predicted octanol–water partition coefficient (Wildman–Crippen LogP) is -1.33. The number of rotatable bonds is 5.